The zero-order valence-electron chi connectivity index (χ0n) is 12.3. The third kappa shape index (κ3) is 3.99. The fourth-order valence-corrected chi connectivity index (χ4v) is 2.13. The number of carbonyl (C=O) groups is 1. The number of nitrogens with one attached hydrogen (secondary N) is 2. The first-order valence-electron chi connectivity index (χ1n) is 7.00. The maximum Gasteiger partial charge on any atom is 0.251 e. The van der Waals surface area contributed by atoms with Crippen molar-refractivity contribution in [3.8, 4) is 5.75 Å². The Hall–Kier alpha value is -2.49. The zero-order chi connectivity index (χ0) is 15.2. The summed E-state index contributed by atoms with van der Waals surface area (Å²) in [5.74, 6) is 0.206. The van der Waals surface area contributed by atoms with Gasteiger partial charge in [0.25, 0.3) is 5.91 Å². The molecule has 0 heterocycles. The van der Waals surface area contributed by atoms with Crippen LogP contribution in [0.3, 0.4) is 0 Å². The number of hydrogen-bond acceptors (Lipinski definition) is 3. The van der Waals surface area contributed by atoms with Crippen LogP contribution in [0.1, 0.15) is 28.4 Å². The number of anilines is 1. The van der Waals surface area contributed by atoms with Gasteiger partial charge in [-0.2, -0.15) is 0 Å². The van der Waals surface area contributed by atoms with Crippen LogP contribution in [-0.4, -0.2) is 17.6 Å². The summed E-state index contributed by atoms with van der Waals surface area (Å²) in [5.41, 5.74) is 3.66. The molecule has 0 saturated heterocycles. The molecule has 0 spiro atoms. The number of aromatic hydroxyl groups is 1. The van der Waals surface area contributed by atoms with Crippen molar-refractivity contribution in [2.24, 2.45) is 0 Å². The fraction of sp³-hybridized carbons (Fsp3) is 0.235. The number of aryl methyl sites for hydroxylation is 1. The Kier molecular flexibility index (Phi) is 4.82. The summed E-state index contributed by atoms with van der Waals surface area (Å²) in [7, 11) is 0. The minimum Gasteiger partial charge on any atom is -0.508 e. The van der Waals surface area contributed by atoms with E-state index >= 15 is 0 Å². The molecule has 0 saturated carbocycles. The van der Waals surface area contributed by atoms with Crippen molar-refractivity contribution >= 4 is 11.6 Å². The predicted octanol–water partition coefficient (Wildman–Crippen LogP) is 3.06. The van der Waals surface area contributed by atoms with Crippen molar-refractivity contribution in [1.29, 1.82) is 0 Å². The minimum atomic E-state index is -0.0554. The van der Waals surface area contributed by atoms with E-state index in [-0.39, 0.29) is 11.7 Å². The topological polar surface area (TPSA) is 61.4 Å². The molecule has 0 aliphatic rings. The number of amides is 1. The maximum atomic E-state index is 11.8. The van der Waals surface area contributed by atoms with Crippen LogP contribution < -0.4 is 10.6 Å². The van der Waals surface area contributed by atoms with E-state index in [1.54, 1.807) is 12.1 Å². The van der Waals surface area contributed by atoms with Crippen LogP contribution in [0, 0.1) is 6.92 Å². The fourth-order valence-electron chi connectivity index (χ4n) is 2.13. The van der Waals surface area contributed by atoms with Gasteiger partial charge in [0.15, 0.2) is 0 Å². The summed E-state index contributed by atoms with van der Waals surface area (Å²) in [6.45, 7) is 5.11. The lowest BCUT2D eigenvalue weighted by molar-refractivity contribution is 0.0956. The molecule has 1 amide bonds. The first-order valence-corrected chi connectivity index (χ1v) is 7.00. The van der Waals surface area contributed by atoms with Gasteiger partial charge in [-0.15, -0.1) is 0 Å². The van der Waals surface area contributed by atoms with Gasteiger partial charge in [-0.25, -0.2) is 0 Å². The van der Waals surface area contributed by atoms with Crippen molar-refractivity contribution in [2.45, 2.75) is 20.4 Å². The molecule has 0 aliphatic heterocycles. The molecule has 4 nitrogen and oxygen atoms in total. The third-order valence-corrected chi connectivity index (χ3v) is 3.22. The van der Waals surface area contributed by atoms with E-state index in [4.69, 9.17) is 0 Å². The van der Waals surface area contributed by atoms with Gasteiger partial charge in [-0.1, -0.05) is 12.1 Å². The second-order valence-corrected chi connectivity index (χ2v) is 4.91. The number of rotatable bonds is 5. The second-order valence-electron chi connectivity index (χ2n) is 4.91. The molecule has 3 N–H and O–H groups in total. The normalized spacial score (nSPS) is 10.2. The molecule has 0 radical (unpaired) electrons. The average molecular weight is 284 g/mol. The van der Waals surface area contributed by atoms with Gasteiger partial charge in [0, 0.05) is 24.3 Å². The highest BCUT2D eigenvalue weighted by atomic mass is 16.3. The minimum absolute atomic E-state index is 0.0554. The van der Waals surface area contributed by atoms with Gasteiger partial charge >= 0.3 is 0 Å². The number of phenolic OH excluding ortho intramolecular Hbond substituents is 1. The van der Waals surface area contributed by atoms with E-state index in [9.17, 15) is 9.90 Å². The van der Waals surface area contributed by atoms with Crippen molar-refractivity contribution < 1.29 is 9.90 Å². The van der Waals surface area contributed by atoms with Crippen LogP contribution in [-0.2, 0) is 6.54 Å². The maximum absolute atomic E-state index is 11.8. The summed E-state index contributed by atoms with van der Waals surface area (Å²) in [6.07, 6.45) is 0. The number of benzene rings is 2. The van der Waals surface area contributed by atoms with E-state index in [0.717, 1.165) is 16.8 Å². The first kappa shape index (κ1) is 14.9. The van der Waals surface area contributed by atoms with Gasteiger partial charge in [0.2, 0.25) is 0 Å². The SMILES string of the molecule is CCNC(=O)c1ccc(NCc2cccc(O)c2)c(C)c1. The van der Waals surface area contributed by atoms with E-state index in [2.05, 4.69) is 10.6 Å². The molecule has 21 heavy (non-hydrogen) atoms. The van der Waals surface area contributed by atoms with Crippen molar-refractivity contribution in [2.75, 3.05) is 11.9 Å². The Morgan fingerprint density at radius 3 is 2.67 bits per heavy atom. The van der Waals surface area contributed by atoms with Crippen LogP contribution in [0.4, 0.5) is 5.69 Å². The summed E-state index contributed by atoms with van der Waals surface area (Å²) >= 11 is 0. The number of carbonyl (C=O) groups excluding carboxylic acids is 1. The number of phenols is 1. The van der Waals surface area contributed by atoms with Crippen molar-refractivity contribution in [1.82, 2.24) is 5.32 Å². The lowest BCUT2D eigenvalue weighted by Gasteiger charge is -2.11. The Morgan fingerprint density at radius 1 is 1.19 bits per heavy atom. The van der Waals surface area contributed by atoms with Gasteiger partial charge < -0.3 is 15.7 Å². The molecule has 0 atom stereocenters. The molecule has 2 aromatic carbocycles. The molecule has 4 heteroatoms. The van der Waals surface area contributed by atoms with E-state index in [1.165, 1.54) is 0 Å². The Morgan fingerprint density at radius 2 is 2.00 bits per heavy atom. The highest BCUT2D eigenvalue weighted by Gasteiger charge is 2.06. The largest absolute Gasteiger partial charge is 0.508 e. The van der Waals surface area contributed by atoms with Crippen molar-refractivity contribution in [3.05, 3.63) is 59.2 Å². The van der Waals surface area contributed by atoms with Gasteiger partial charge in [0.05, 0.1) is 0 Å². The van der Waals surface area contributed by atoms with Crippen LogP contribution in [0.5, 0.6) is 5.75 Å². The first-order chi connectivity index (χ1) is 10.1. The van der Waals surface area contributed by atoms with E-state index in [0.29, 0.717) is 18.7 Å². The van der Waals surface area contributed by atoms with Gasteiger partial charge in [-0.05, 0) is 55.3 Å². The zero-order valence-corrected chi connectivity index (χ0v) is 12.3. The van der Waals surface area contributed by atoms with Crippen LogP contribution >= 0.6 is 0 Å². The average Bonchev–Trinajstić information content (AvgIpc) is 2.46. The van der Waals surface area contributed by atoms with Crippen molar-refractivity contribution in [3.63, 3.8) is 0 Å². The summed E-state index contributed by atoms with van der Waals surface area (Å²) < 4.78 is 0. The molecule has 0 unspecified atom stereocenters. The molecule has 0 bridgehead atoms. The highest BCUT2D eigenvalue weighted by molar-refractivity contribution is 5.94. The van der Waals surface area contributed by atoms with Gasteiger partial charge in [-0.3, -0.25) is 4.79 Å². The molecule has 110 valence electrons. The molecule has 2 aromatic rings. The summed E-state index contributed by atoms with van der Waals surface area (Å²) in [5, 5.41) is 15.5. The smallest absolute Gasteiger partial charge is 0.251 e. The predicted molar refractivity (Wildman–Crippen MR) is 84.6 cm³/mol. The third-order valence-electron chi connectivity index (χ3n) is 3.22. The second kappa shape index (κ2) is 6.79. The molecule has 0 aliphatic carbocycles. The van der Waals surface area contributed by atoms with E-state index < -0.39 is 0 Å². The lowest BCUT2D eigenvalue weighted by Crippen LogP contribution is -2.22. The molecule has 0 fully saturated rings. The quantitative estimate of drug-likeness (QED) is 0.790. The number of hydrogen-bond donors (Lipinski definition) is 3. The summed E-state index contributed by atoms with van der Waals surface area (Å²) in [6, 6.07) is 12.7. The molecular weight excluding hydrogens is 264 g/mol. The Bertz CT molecular complexity index is 638. The molecule has 2 rings (SSSR count). The van der Waals surface area contributed by atoms with Gasteiger partial charge in [0.1, 0.15) is 5.75 Å². The Labute approximate surface area is 124 Å². The lowest BCUT2D eigenvalue weighted by atomic mass is 10.1. The molecular formula is C17H20N2O2. The standard InChI is InChI=1S/C17H20N2O2/c1-3-18-17(21)14-7-8-16(12(2)9-14)19-11-13-5-4-6-15(20)10-13/h4-10,19-20H,3,11H2,1-2H3,(H,18,21). The van der Waals surface area contributed by atoms with Crippen LogP contribution in [0.2, 0.25) is 0 Å². The highest BCUT2D eigenvalue weighted by Crippen LogP contribution is 2.18. The van der Waals surface area contributed by atoms with Crippen LogP contribution in [0.25, 0.3) is 0 Å². The summed E-state index contributed by atoms with van der Waals surface area (Å²) in [4.78, 5) is 11.8. The van der Waals surface area contributed by atoms with Crippen LogP contribution in [0.15, 0.2) is 42.5 Å². The molecule has 0 aromatic heterocycles. The van der Waals surface area contributed by atoms with E-state index in [1.807, 2.05) is 44.2 Å². The Balaban J connectivity index is 2.06. The monoisotopic (exact) mass is 284 g/mol.